The Morgan fingerprint density at radius 2 is 2.00 bits per heavy atom. The van der Waals surface area contributed by atoms with Crippen LogP contribution in [0.25, 0.3) is 0 Å². The minimum Gasteiger partial charge on any atom is -0.497 e. The molecule has 0 heterocycles. The molecule has 1 amide bonds. The summed E-state index contributed by atoms with van der Waals surface area (Å²) in [5, 5.41) is 2.86. The van der Waals surface area contributed by atoms with Gasteiger partial charge in [-0.2, -0.15) is 0 Å². The van der Waals surface area contributed by atoms with Crippen LogP contribution in [-0.2, 0) is 6.54 Å². The molecule has 0 radical (unpaired) electrons. The van der Waals surface area contributed by atoms with E-state index in [1.807, 2.05) is 43.3 Å². The number of aryl methyl sites for hydroxylation is 1. The van der Waals surface area contributed by atoms with Gasteiger partial charge in [-0.05, 0) is 36.2 Å². The smallest absolute Gasteiger partial charge is 0.253 e. The molecule has 0 aliphatic heterocycles. The van der Waals surface area contributed by atoms with Crippen LogP contribution in [0.1, 0.15) is 21.5 Å². The Morgan fingerprint density at radius 3 is 2.75 bits per heavy atom. The van der Waals surface area contributed by atoms with Crippen LogP contribution in [0, 0.1) is 6.92 Å². The van der Waals surface area contributed by atoms with E-state index < -0.39 is 0 Å². The largest absolute Gasteiger partial charge is 0.497 e. The van der Waals surface area contributed by atoms with Gasteiger partial charge in [0.1, 0.15) is 5.75 Å². The fourth-order valence-corrected chi connectivity index (χ4v) is 1.94. The summed E-state index contributed by atoms with van der Waals surface area (Å²) < 4.78 is 5.15. The van der Waals surface area contributed by atoms with Gasteiger partial charge in [0, 0.05) is 12.2 Å². The maximum Gasteiger partial charge on any atom is 0.253 e. The number of hydrogen-bond acceptors (Lipinski definition) is 3. The number of nitrogen functional groups attached to an aromatic ring is 1. The van der Waals surface area contributed by atoms with Gasteiger partial charge in [0.25, 0.3) is 5.91 Å². The molecule has 2 rings (SSSR count). The van der Waals surface area contributed by atoms with Crippen LogP contribution in [0.4, 0.5) is 5.69 Å². The van der Waals surface area contributed by atoms with Crippen LogP contribution in [0.2, 0.25) is 0 Å². The van der Waals surface area contributed by atoms with E-state index in [1.54, 1.807) is 13.2 Å². The van der Waals surface area contributed by atoms with Gasteiger partial charge < -0.3 is 15.8 Å². The second kappa shape index (κ2) is 6.10. The number of hydrogen-bond donors (Lipinski definition) is 2. The first kappa shape index (κ1) is 13.9. The molecule has 0 saturated carbocycles. The van der Waals surface area contributed by atoms with Crippen LogP contribution in [0.15, 0.2) is 42.5 Å². The van der Waals surface area contributed by atoms with Gasteiger partial charge >= 0.3 is 0 Å². The molecule has 2 aromatic rings. The van der Waals surface area contributed by atoms with E-state index in [1.165, 1.54) is 0 Å². The normalized spacial score (nSPS) is 10.1. The Kier molecular flexibility index (Phi) is 4.25. The van der Waals surface area contributed by atoms with Crippen molar-refractivity contribution in [2.75, 3.05) is 12.8 Å². The molecule has 0 aromatic heterocycles. The molecule has 0 saturated heterocycles. The molecule has 104 valence electrons. The van der Waals surface area contributed by atoms with E-state index in [4.69, 9.17) is 10.5 Å². The molecule has 4 nitrogen and oxygen atoms in total. The van der Waals surface area contributed by atoms with Crippen LogP contribution < -0.4 is 15.8 Å². The molecular weight excluding hydrogens is 252 g/mol. The van der Waals surface area contributed by atoms with Crippen molar-refractivity contribution in [2.24, 2.45) is 0 Å². The lowest BCUT2D eigenvalue weighted by molar-refractivity contribution is 0.0951. The third-order valence-corrected chi connectivity index (χ3v) is 3.16. The summed E-state index contributed by atoms with van der Waals surface area (Å²) in [4.78, 5) is 12.1. The summed E-state index contributed by atoms with van der Waals surface area (Å²) in [6, 6.07) is 13.0. The quantitative estimate of drug-likeness (QED) is 0.839. The summed E-state index contributed by atoms with van der Waals surface area (Å²) in [5.74, 6) is 0.598. The van der Waals surface area contributed by atoms with Crippen molar-refractivity contribution in [3.05, 3.63) is 59.2 Å². The van der Waals surface area contributed by atoms with E-state index in [0.29, 0.717) is 17.8 Å². The van der Waals surface area contributed by atoms with E-state index in [-0.39, 0.29) is 5.91 Å². The van der Waals surface area contributed by atoms with Crippen molar-refractivity contribution in [3.8, 4) is 5.75 Å². The van der Waals surface area contributed by atoms with E-state index >= 15 is 0 Å². The van der Waals surface area contributed by atoms with Crippen molar-refractivity contribution in [3.63, 3.8) is 0 Å². The zero-order chi connectivity index (χ0) is 14.5. The number of ether oxygens (including phenoxy) is 1. The number of amides is 1. The Morgan fingerprint density at radius 1 is 1.25 bits per heavy atom. The summed E-state index contributed by atoms with van der Waals surface area (Å²) >= 11 is 0. The number of nitrogens with one attached hydrogen (secondary N) is 1. The fourth-order valence-electron chi connectivity index (χ4n) is 1.94. The zero-order valence-corrected chi connectivity index (χ0v) is 11.6. The predicted octanol–water partition coefficient (Wildman–Crippen LogP) is 2.52. The molecule has 0 spiro atoms. The van der Waals surface area contributed by atoms with Crippen molar-refractivity contribution in [1.82, 2.24) is 5.32 Å². The highest BCUT2D eigenvalue weighted by Crippen LogP contribution is 2.17. The number of rotatable bonds is 4. The number of methoxy groups -OCH3 is 1. The maximum atomic E-state index is 12.1. The number of benzene rings is 2. The van der Waals surface area contributed by atoms with Crippen molar-refractivity contribution < 1.29 is 9.53 Å². The fraction of sp³-hybridized carbons (Fsp3) is 0.188. The van der Waals surface area contributed by atoms with Gasteiger partial charge in [-0.25, -0.2) is 0 Å². The Bertz CT molecular complexity index is 624. The van der Waals surface area contributed by atoms with Gasteiger partial charge in [0.05, 0.1) is 12.7 Å². The Balaban J connectivity index is 2.06. The van der Waals surface area contributed by atoms with Crippen molar-refractivity contribution >= 4 is 11.6 Å². The average Bonchev–Trinajstić information content (AvgIpc) is 2.48. The first-order valence-corrected chi connectivity index (χ1v) is 6.38. The summed E-state index contributed by atoms with van der Waals surface area (Å²) in [6.07, 6.45) is 0. The van der Waals surface area contributed by atoms with Crippen molar-refractivity contribution in [1.29, 1.82) is 0 Å². The van der Waals surface area contributed by atoms with Crippen LogP contribution in [0.3, 0.4) is 0 Å². The molecular formula is C16H18N2O2. The molecule has 0 aliphatic carbocycles. The van der Waals surface area contributed by atoms with Gasteiger partial charge in [-0.15, -0.1) is 0 Å². The molecule has 0 atom stereocenters. The highest BCUT2D eigenvalue weighted by molar-refractivity contribution is 5.99. The molecule has 4 heteroatoms. The number of carbonyl (C=O) groups is 1. The number of para-hydroxylation sites is 1. The minimum atomic E-state index is -0.172. The number of carbonyl (C=O) groups excluding carboxylic acids is 1. The minimum absolute atomic E-state index is 0.172. The SMILES string of the molecule is COc1cccc(CNC(=O)c2cccc(C)c2N)c1. The third kappa shape index (κ3) is 3.09. The van der Waals surface area contributed by atoms with Gasteiger partial charge in [0.15, 0.2) is 0 Å². The lowest BCUT2D eigenvalue weighted by Gasteiger charge is -2.10. The van der Waals surface area contributed by atoms with Gasteiger partial charge in [-0.3, -0.25) is 4.79 Å². The lowest BCUT2D eigenvalue weighted by Crippen LogP contribution is -2.24. The lowest BCUT2D eigenvalue weighted by atomic mass is 10.1. The highest BCUT2D eigenvalue weighted by Gasteiger charge is 2.10. The molecule has 0 fully saturated rings. The topological polar surface area (TPSA) is 64.3 Å². The van der Waals surface area contributed by atoms with Gasteiger partial charge in [0.2, 0.25) is 0 Å². The molecule has 20 heavy (non-hydrogen) atoms. The third-order valence-electron chi connectivity index (χ3n) is 3.16. The number of nitrogens with two attached hydrogens (primary N) is 1. The van der Waals surface area contributed by atoms with Gasteiger partial charge in [-0.1, -0.05) is 24.3 Å². The standard InChI is InChI=1S/C16H18N2O2/c1-11-5-3-8-14(15(11)17)16(19)18-10-12-6-4-7-13(9-12)20-2/h3-9H,10,17H2,1-2H3,(H,18,19). The van der Waals surface area contributed by atoms with Crippen LogP contribution >= 0.6 is 0 Å². The second-order valence-corrected chi connectivity index (χ2v) is 4.57. The molecule has 0 aliphatic rings. The first-order chi connectivity index (χ1) is 9.61. The highest BCUT2D eigenvalue weighted by atomic mass is 16.5. The Hall–Kier alpha value is -2.49. The van der Waals surface area contributed by atoms with E-state index in [0.717, 1.165) is 16.9 Å². The zero-order valence-electron chi connectivity index (χ0n) is 11.6. The summed E-state index contributed by atoms with van der Waals surface area (Å²) in [5.41, 5.74) is 8.83. The molecule has 0 bridgehead atoms. The second-order valence-electron chi connectivity index (χ2n) is 4.57. The number of anilines is 1. The molecule has 2 aromatic carbocycles. The monoisotopic (exact) mass is 270 g/mol. The van der Waals surface area contributed by atoms with E-state index in [9.17, 15) is 4.79 Å². The molecule has 3 N–H and O–H groups in total. The Labute approximate surface area is 118 Å². The average molecular weight is 270 g/mol. The van der Waals surface area contributed by atoms with Crippen LogP contribution in [0.5, 0.6) is 5.75 Å². The maximum absolute atomic E-state index is 12.1. The summed E-state index contributed by atoms with van der Waals surface area (Å²) in [6.45, 7) is 2.32. The van der Waals surface area contributed by atoms with Crippen molar-refractivity contribution in [2.45, 2.75) is 13.5 Å². The predicted molar refractivity (Wildman–Crippen MR) is 79.8 cm³/mol. The van der Waals surface area contributed by atoms with Crippen LogP contribution in [-0.4, -0.2) is 13.0 Å². The first-order valence-electron chi connectivity index (χ1n) is 6.38. The van der Waals surface area contributed by atoms with E-state index in [2.05, 4.69) is 5.32 Å². The molecule has 0 unspecified atom stereocenters. The summed E-state index contributed by atoms with van der Waals surface area (Å²) in [7, 11) is 1.62.